The number of ketones is 1. The number of hydrogen-bond acceptors (Lipinski definition) is 2. The standard InChI is InChI=1S/C10H11ClFNO/c1-6(13)10(14)5-7-8(11)3-2-4-9(7)12/h2-4,6H,5,13H2,1H3. The van der Waals surface area contributed by atoms with Gasteiger partial charge in [-0.05, 0) is 19.1 Å². The van der Waals surface area contributed by atoms with Gasteiger partial charge in [-0.3, -0.25) is 4.79 Å². The van der Waals surface area contributed by atoms with Crippen LogP contribution in [0.25, 0.3) is 0 Å². The van der Waals surface area contributed by atoms with E-state index in [1.165, 1.54) is 12.1 Å². The molecule has 0 radical (unpaired) electrons. The van der Waals surface area contributed by atoms with Crippen LogP contribution in [0.5, 0.6) is 0 Å². The van der Waals surface area contributed by atoms with Crippen molar-refractivity contribution in [2.75, 3.05) is 0 Å². The van der Waals surface area contributed by atoms with Gasteiger partial charge in [-0.25, -0.2) is 4.39 Å². The van der Waals surface area contributed by atoms with Crippen LogP contribution in [0.15, 0.2) is 18.2 Å². The highest BCUT2D eigenvalue weighted by Crippen LogP contribution is 2.19. The number of halogens is 2. The van der Waals surface area contributed by atoms with Gasteiger partial charge in [0.15, 0.2) is 5.78 Å². The van der Waals surface area contributed by atoms with Crippen LogP contribution in [0.2, 0.25) is 5.02 Å². The molecule has 0 aliphatic carbocycles. The summed E-state index contributed by atoms with van der Waals surface area (Å²) >= 11 is 5.75. The molecule has 1 rings (SSSR count). The van der Waals surface area contributed by atoms with E-state index in [1.54, 1.807) is 13.0 Å². The Kier molecular flexibility index (Phi) is 3.61. The fourth-order valence-electron chi connectivity index (χ4n) is 1.04. The van der Waals surface area contributed by atoms with Gasteiger partial charge in [0.2, 0.25) is 0 Å². The van der Waals surface area contributed by atoms with Gasteiger partial charge in [-0.1, -0.05) is 17.7 Å². The van der Waals surface area contributed by atoms with E-state index in [4.69, 9.17) is 17.3 Å². The summed E-state index contributed by atoms with van der Waals surface area (Å²) in [5.74, 6) is -0.691. The predicted octanol–water partition coefficient (Wildman–Crippen LogP) is 1.94. The Morgan fingerprint density at radius 1 is 1.64 bits per heavy atom. The smallest absolute Gasteiger partial charge is 0.153 e. The van der Waals surface area contributed by atoms with Crippen molar-refractivity contribution in [1.29, 1.82) is 0 Å². The molecular weight excluding hydrogens is 205 g/mol. The monoisotopic (exact) mass is 215 g/mol. The minimum atomic E-state index is -0.592. The Labute approximate surface area is 86.9 Å². The molecule has 2 N–H and O–H groups in total. The van der Waals surface area contributed by atoms with Gasteiger partial charge in [-0.15, -0.1) is 0 Å². The van der Waals surface area contributed by atoms with Crippen LogP contribution in [0.3, 0.4) is 0 Å². The first kappa shape index (κ1) is 11.1. The summed E-state index contributed by atoms with van der Waals surface area (Å²) in [6, 6.07) is 3.73. The molecule has 0 heterocycles. The fraction of sp³-hybridized carbons (Fsp3) is 0.300. The van der Waals surface area contributed by atoms with Crippen LogP contribution in [0.1, 0.15) is 12.5 Å². The molecule has 0 aliphatic heterocycles. The van der Waals surface area contributed by atoms with Crippen LogP contribution in [-0.2, 0) is 11.2 Å². The molecule has 0 saturated carbocycles. The van der Waals surface area contributed by atoms with Gasteiger partial charge in [-0.2, -0.15) is 0 Å². The van der Waals surface area contributed by atoms with E-state index < -0.39 is 11.9 Å². The molecule has 14 heavy (non-hydrogen) atoms. The third-order valence-corrected chi connectivity index (χ3v) is 2.27. The highest BCUT2D eigenvalue weighted by atomic mass is 35.5. The maximum absolute atomic E-state index is 13.2. The molecule has 4 heteroatoms. The highest BCUT2D eigenvalue weighted by Gasteiger charge is 2.14. The average molecular weight is 216 g/mol. The second kappa shape index (κ2) is 4.53. The Hall–Kier alpha value is -0.930. The molecular formula is C10H11ClFNO. The van der Waals surface area contributed by atoms with E-state index in [0.29, 0.717) is 0 Å². The van der Waals surface area contributed by atoms with Crippen molar-refractivity contribution in [3.05, 3.63) is 34.6 Å². The van der Waals surface area contributed by atoms with Crippen molar-refractivity contribution in [2.45, 2.75) is 19.4 Å². The van der Waals surface area contributed by atoms with Gasteiger partial charge in [0.25, 0.3) is 0 Å². The summed E-state index contributed by atoms with van der Waals surface area (Å²) in [5.41, 5.74) is 5.59. The molecule has 0 aliphatic rings. The SMILES string of the molecule is CC(N)C(=O)Cc1c(F)cccc1Cl. The van der Waals surface area contributed by atoms with Crippen molar-refractivity contribution in [3.63, 3.8) is 0 Å². The Balaban J connectivity index is 2.91. The lowest BCUT2D eigenvalue weighted by atomic mass is 10.0. The molecule has 0 amide bonds. The van der Waals surface area contributed by atoms with Crippen molar-refractivity contribution < 1.29 is 9.18 Å². The third kappa shape index (κ3) is 2.53. The fourth-order valence-corrected chi connectivity index (χ4v) is 1.27. The van der Waals surface area contributed by atoms with Crippen LogP contribution in [0, 0.1) is 5.82 Å². The largest absolute Gasteiger partial charge is 0.322 e. The van der Waals surface area contributed by atoms with E-state index in [1.807, 2.05) is 0 Å². The molecule has 0 spiro atoms. The first-order valence-corrected chi connectivity index (χ1v) is 4.61. The molecule has 1 aromatic carbocycles. The summed E-state index contributed by atoms with van der Waals surface area (Å²) < 4.78 is 13.2. The van der Waals surface area contributed by atoms with Gasteiger partial charge in [0.1, 0.15) is 5.82 Å². The predicted molar refractivity (Wildman–Crippen MR) is 53.8 cm³/mol. The van der Waals surface area contributed by atoms with Gasteiger partial charge >= 0.3 is 0 Å². The van der Waals surface area contributed by atoms with E-state index in [-0.39, 0.29) is 22.8 Å². The van der Waals surface area contributed by atoms with Gasteiger partial charge in [0, 0.05) is 17.0 Å². The number of rotatable bonds is 3. The minimum absolute atomic E-state index is 0.0524. The van der Waals surface area contributed by atoms with Crippen molar-refractivity contribution in [3.8, 4) is 0 Å². The summed E-state index contributed by atoms with van der Waals surface area (Å²) in [4.78, 5) is 11.3. The zero-order valence-corrected chi connectivity index (χ0v) is 8.51. The lowest BCUT2D eigenvalue weighted by Crippen LogP contribution is -2.28. The van der Waals surface area contributed by atoms with Crippen LogP contribution in [0.4, 0.5) is 4.39 Å². The normalized spacial score (nSPS) is 12.6. The van der Waals surface area contributed by atoms with E-state index in [0.717, 1.165) is 0 Å². The molecule has 0 bridgehead atoms. The van der Waals surface area contributed by atoms with Crippen molar-refractivity contribution in [1.82, 2.24) is 0 Å². The lowest BCUT2D eigenvalue weighted by molar-refractivity contribution is -0.119. The topological polar surface area (TPSA) is 43.1 Å². The number of benzene rings is 1. The van der Waals surface area contributed by atoms with E-state index in [2.05, 4.69) is 0 Å². The second-order valence-electron chi connectivity index (χ2n) is 3.13. The van der Waals surface area contributed by atoms with E-state index >= 15 is 0 Å². The van der Waals surface area contributed by atoms with Crippen molar-refractivity contribution >= 4 is 17.4 Å². The molecule has 0 saturated heterocycles. The average Bonchev–Trinajstić information content (AvgIpc) is 2.11. The first-order chi connectivity index (χ1) is 6.52. The summed E-state index contributed by atoms with van der Waals surface area (Å²) in [7, 11) is 0. The quantitative estimate of drug-likeness (QED) is 0.838. The summed E-state index contributed by atoms with van der Waals surface area (Å²) in [5, 5.41) is 0.263. The minimum Gasteiger partial charge on any atom is -0.322 e. The van der Waals surface area contributed by atoms with Crippen LogP contribution in [-0.4, -0.2) is 11.8 Å². The molecule has 76 valence electrons. The molecule has 2 nitrogen and oxygen atoms in total. The Morgan fingerprint density at radius 2 is 2.29 bits per heavy atom. The van der Waals surface area contributed by atoms with Crippen molar-refractivity contribution in [2.24, 2.45) is 5.73 Å². The maximum Gasteiger partial charge on any atom is 0.153 e. The van der Waals surface area contributed by atoms with Crippen LogP contribution < -0.4 is 5.73 Å². The second-order valence-corrected chi connectivity index (χ2v) is 3.54. The number of carbonyl (C=O) groups is 1. The molecule has 1 unspecified atom stereocenters. The number of carbonyl (C=O) groups excluding carboxylic acids is 1. The molecule has 0 aromatic heterocycles. The number of hydrogen-bond donors (Lipinski definition) is 1. The Morgan fingerprint density at radius 3 is 2.79 bits per heavy atom. The molecule has 0 fully saturated rings. The van der Waals surface area contributed by atoms with E-state index in [9.17, 15) is 9.18 Å². The highest BCUT2D eigenvalue weighted by molar-refractivity contribution is 6.31. The Bertz CT molecular complexity index is 332. The molecule has 1 aromatic rings. The maximum atomic E-state index is 13.2. The number of nitrogens with two attached hydrogens (primary N) is 1. The van der Waals surface area contributed by atoms with Gasteiger partial charge < -0.3 is 5.73 Å². The summed E-state index contributed by atoms with van der Waals surface area (Å²) in [6.45, 7) is 1.57. The summed E-state index contributed by atoms with van der Waals surface area (Å²) in [6.07, 6.45) is -0.0524. The third-order valence-electron chi connectivity index (χ3n) is 1.92. The zero-order chi connectivity index (χ0) is 10.7. The first-order valence-electron chi connectivity index (χ1n) is 4.23. The molecule has 1 atom stereocenters. The number of Topliss-reactive ketones (excluding diaryl/α,β-unsaturated/α-hetero) is 1. The zero-order valence-electron chi connectivity index (χ0n) is 7.76. The van der Waals surface area contributed by atoms with Gasteiger partial charge in [0.05, 0.1) is 6.04 Å². The van der Waals surface area contributed by atoms with Crippen LogP contribution >= 0.6 is 11.6 Å². The lowest BCUT2D eigenvalue weighted by Gasteiger charge is -2.06.